The number of aliphatic hydroxyl groups excluding tert-OH is 1. The highest BCUT2D eigenvalue weighted by Gasteiger charge is 2.44. The van der Waals surface area contributed by atoms with Crippen LogP contribution in [0, 0.1) is 28.1 Å². The molecule has 1 atom stereocenters. The van der Waals surface area contributed by atoms with Crippen molar-refractivity contribution in [1.82, 2.24) is 0 Å². The Balaban J connectivity index is 2.13. The second kappa shape index (κ2) is 5.26. The molecule has 1 heterocycles. The molecule has 0 aromatic carbocycles. The summed E-state index contributed by atoms with van der Waals surface area (Å²) in [5.74, 6) is 0.656. The third-order valence-corrected chi connectivity index (χ3v) is 5.41. The van der Waals surface area contributed by atoms with E-state index < -0.39 is 11.5 Å². The fourth-order valence-corrected chi connectivity index (χ4v) is 3.87. The molecule has 2 nitrogen and oxygen atoms in total. The van der Waals surface area contributed by atoms with Gasteiger partial charge >= 0.3 is 0 Å². The highest BCUT2D eigenvalue weighted by molar-refractivity contribution is 7.07. The molecular formula is C16H23NOS. The van der Waals surface area contributed by atoms with Crippen LogP contribution in [0.25, 0.3) is 0 Å². The lowest BCUT2D eigenvalue weighted by molar-refractivity contribution is 0.00865. The minimum Gasteiger partial charge on any atom is -0.387 e. The van der Waals surface area contributed by atoms with E-state index in [2.05, 4.69) is 26.8 Å². The maximum Gasteiger partial charge on any atom is 0.0984 e. The van der Waals surface area contributed by atoms with E-state index in [4.69, 9.17) is 0 Å². The number of aliphatic hydroxyl groups is 1. The van der Waals surface area contributed by atoms with Gasteiger partial charge in [-0.3, -0.25) is 0 Å². The molecule has 0 amide bonds. The number of rotatable bonds is 2. The van der Waals surface area contributed by atoms with E-state index in [9.17, 15) is 10.4 Å². The van der Waals surface area contributed by atoms with Gasteiger partial charge in [0.2, 0.25) is 0 Å². The van der Waals surface area contributed by atoms with Crippen LogP contribution in [0.15, 0.2) is 16.8 Å². The number of hydrogen-bond donors (Lipinski definition) is 1. The zero-order valence-electron chi connectivity index (χ0n) is 12.0. The summed E-state index contributed by atoms with van der Waals surface area (Å²) in [7, 11) is 0. The summed E-state index contributed by atoms with van der Waals surface area (Å²) < 4.78 is 0. The minimum absolute atomic E-state index is 0.301. The van der Waals surface area contributed by atoms with E-state index in [0.717, 1.165) is 31.2 Å². The van der Waals surface area contributed by atoms with Crippen LogP contribution in [0.3, 0.4) is 0 Å². The molecule has 0 saturated heterocycles. The zero-order valence-corrected chi connectivity index (χ0v) is 12.8. The van der Waals surface area contributed by atoms with Crippen molar-refractivity contribution in [3.63, 3.8) is 0 Å². The average molecular weight is 277 g/mol. The largest absolute Gasteiger partial charge is 0.387 e. The van der Waals surface area contributed by atoms with Gasteiger partial charge in [0.25, 0.3) is 0 Å². The van der Waals surface area contributed by atoms with Gasteiger partial charge in [-0.15, -0.1) is 0 Å². The highest BCUT2D eigenvalue weighted by atomic mass is 32.1. The van der Waals surface area contributed by atoms with Crippen molar-refractivity contribution in [2.75, 3.05) is 0 Å². The predicted molar refractivity (Wildman–Crippen MR) is 78.7 cm³/mol. The van der Waals surface area contributed by atoms with Gasteiger partial charge in [0, 0.05) is 0 Å². The lowest BCUT2D eigenvalue weighted by atomic mass is 9.62. The lowest BCUT2D eigenvalue weighted by Crippen LogP contribution is -2.35. The molecule has 1 aromatic rings. The lowest BCUT2D eigenvalue weighted by Gasteiger charge is -2.42. The maximum atomic E-state index is 10.6. The summed E-state index contributed by atoms with van der Waals surface area (Å²) in [5.41, 5.74) is 0.623. The molecule has 0 aliphatic heterocycles. The fraction of sp³-hybridized carbons (Fsp3) is 0.688. The summed E-state index contributed by atoms with van der Waals surface area (Å²) in [4.78, 5) is 0. The molecule has 19 heavy (non-hydrogen) atoms. The molecule has 0 radical (unpaired) electrons. The first-order valence-corrected chi connectivity index (χ1v) is 7.95. The molecule has 1 saturated carbocycles. The molecule has 1 aliphatic rings. The summed E-state index contributed by atoms with van der Waals surface area (Å²) in [5, 5.41) is 24.1. The Morgan fingerprint density at radius 2 is 2.05 bits per heavy atom. The molecule has 2 rings (SSSR count). The van der Waals surface area contributed by atoms with Gasteiger partial charge in [0.15, 0.2) is 0 Å². The van der Waals surface area contributed by atoms with Crippen LogP contribution in [-0.4, -0.2) is 5.11 Å². The van der Waals surface area contributed by atoms with E-state index in [1.165, 1.54) is 0 Å². The highest BCUT2D eigenvalue weighted by Crippen LogP contribution is 2.50. The molecule has 0 bridgehead atoms. The third-order valence-electron chi connectivity index (χ3n) is 4.71. The molecule has 1 aliphatic carbocycles. The van der Waals surface area contributed by atoms with E-state index in [0.29, 0.717) is 11.3 Å². The zero-order chi connectivity index (χ0) is 14.1. The molecule has 104 valence electrons. The molecule has 1 unspecified atom stereocenters. The number of thiophene rings is 1. The smallest absolute Gasteiger partial charge is 0.0984 e. The SMILES string of the molecule is CC(C)(C)C1CCC(C#N)(C(O)c2ccsc2)CC1. The standard InChI is InChI=1S/C16H23NOS/c1-15(2,3)13-4-7-16(11-17,8-5-13)14(18)12-6-9-19-10-12/h6,9-10,13-14,18H,4-5,7-8H2,1-3H3. The van der Waals surface area contributed by atoms with Crippen molar-refractivity contribution in [2.45, 2.75) is 52.6 Å². The topological polar surface area (TPSA) is 44.0 Å². The van der Waals surface area contributed by atoms with Gasteiger partial charge < -0.3 is 5.11 Å². The molecule has 0 spiro atoms. The second-order valence-electron chi connectivity index (χ2n) is 6.87. The molecule has 1 aromatic heterocycles. The van der Waals surface area contributed by atoms with Crippen LogP contribution in [0.1, 0.15) is 58.1 Å². The van der Waals surface area contributed by atoms with Crippen molar-refractivity contribution in [3.05, 3.63) is 22.4 Å². The summed E-state index contributed by atoms with van der Waals surface area (Å²) in [6, 6.07) is 4.37. The van der Waals surface area contributed by atoms with Gasteiger partial charge in [-0.05, 0) is 59.4 Å². The first-order valence-electron chi connectivity index (χ1n) is 7.00. The third kappa shape index (κ3) is 2.85. The Hall–Kier alpha value is -0.850. The Morgan fingerprint density at radius 3 is 2.47 bits per heavy atom. The van der Waals surface area contributed by atoms with Crippen molar-refractivity contribution in [1.29, 1.82) is 5.26 Å². The van der Waals surface area contributed by atoms with Gasteiger partial charge in [-0.25, -0.2) is 0 Å². The van der Waals surface area contributed by atoms with Gasteiger partial charge in [-0.1, -0.05) is 20.8 Å². The molecule has 3 heteroatoms. The average Bonchev–Trinajstić information content (AvgIpc) is 2.90. The quantitative estimate of drug-likeness (QED) is 0.863. The van der Waals surface area contributed by atoms with Gasteiger partial charge in [0.05, 0.1) is 17.6 Å². The maximum absolute atomic E-state index is 10.6. The van der Waals surface area contributed by atoms with Crippen LogP contribution >= 0.6 is 11.3 Å². The van der Waals surface area contributed by atoms with Crippen molar-refractivity contribution >= 4 is 11.3 Å². The van der Waals surface area contributed by atoms with Crippen LogP contribution < -0.4 is 0 Å². The Morgan fingerprint density at radius 1 is 1.42 bits per heavy atom. The Bertz CT molecular complexity index is 444. The number of hydrogen-bond acceptors (Lipinski definition) is 3. The van der Waals surface area contributed by atoms with E-state index in [1.54, 1.807) is 11.3 Å². The van der Waals surface area contributed by atoms with E-state index >= 15 is 0 Å². The molecular weight excluding hydrogens is 254 g/mol. The van der Waals surface area contributed by atoms with Gasteiger partial charge in [-0.2, -0.15) is 16.6 Å². The van der Waals surface area contributed by atoms with Crippen molar-refractivity contribution < 1.29 is 5.11 Å². The normalized spacial score (nSPS) is 29.7. The second-order valence-corrected chi connectivity index (χ2v) is 7.65. The predicted octanol–water partition coefficient (Wildman–Crippen LogP) is 4.53. The minimum atomic E-state index is -0.635. The molecule has 1 N–H and O–H groups in total. The number of nitriles is 1. The van der Waals surface area contributed by atoms with Gasteiger partial charge in [0.1, 0.15) is 0 Å². The summed E-state index contributed by atoms with van der Waals surface area (Å²) in [6.07, 6.45) is 3.06. The summed E-state index contributed by atoms with van der Waals surface area (Å²) >= 11 is 1.58. The van der Waals surface area contributed by atoms with Crippen LogP contribution in [-0.2, 0) is 0 Å². The number of nitrogens with zero attached hydrogens (tertiary/aromatic N) is 1. The first kappa shape index (κ1) is 14.6. The molecule has 1 fully saturated rings. The summed E-state index contributed by atoms with van der Waals surface area (Å²) in [6.45, 7) is 6.81. The van der Waals surface area contributed by atoms with Crippen molar-refractivity contribution in [3.8, 4) is 6.07 Å². The van der Waals surface area contributed by atoms with Crippen LogP contribution in [0.5, 0.6) is 0 Å². The van der Waals surface area contributed by atoms with Crippen LogP contribution in [0.4, 0.5) is 0 Å². The Kier molecular flexibility index (Phi) is 4.03. The fourth-order valence-electron chi connectivity index (χ4n) is 3.19. The van der Waals surface area contributed by atoms with E-state index in [1.807, 2.05) is 16.8 Å². The van der Waals surface area contributed by atoms with Crippen molar-refractivity contribution in [2.24, 2.45) is 16.7 Å². The van der Waals surface area contributed by atoms with E-state index in [-0.39, 0.29) is 0 Å². The monoisotopic (exact) mass is 277 g/mol. The Labute approximate surface area is 120 Å². The first-order chi connectivity index (χ1) is 8.89. The van der Waals surface area contributed by atoms with Crippen LogP contribution in [0.2, 0.25) is 0 Å².